The molecule has 0 spiro atoms. The van der Waals surface area contributed by atoms with Gasteiger partial charge in [-0.05, 0) is 54.2 Å². The van der Waals surface area contributed by atoms with Crippen molar-refractivity contribution < 1.29 is 19.3 Å². The van der Waals surface area contributed by atoms with Crippen LogP contribution in [-0.2, 0) is 12.8 Å². The van der Waals surface area contributed by atoms with Crippen LogP contribution >= 0.6 is 0 Å². The molecule has 0 saturated heterocycles. The number of benzene rings is 2. The average Bonchev–Trinajstić information content (AvgIpc) is 2.71. The molecule has 0 amide bonds. The smallest absolute Gasteiger partial charge is 0.203 e. The maximum absolute atomic E-state index is 9.90. The first-order valence-electron chi connectivity index (χ1n) is 7.33. The Bertz CT molecular complexity index is 707. The van der Waals surface area contributed by atoms with E-state index >= 15 is 0 Å². The van der Waals surface area contributed by atoms with Crippen molar-refractivity contribution in [2.24, 2.45) is 0 Å². The number of hydrogen-bond donors (Lipinski definition) is 1. The zero-order valence-electron chi connectivity index (χ0n) is 13.1. The molecule has 3 rings (SSSR count). The lowest BCUT2D eigenvalue weighted by atomic mass is 9.94. The number of phenolic OH excluding ortho intramolecular Hbond substituents is 1. The lowest BCUT2D eigenvalue weighted by molar-refractivity contribution is 0.324. The summed E-state index contributed by atoms with van der Waals surface area (Å²) in [5, 5.41) is 9.90. The van der Waals surface area contributed by atoms with E-state index in [-0.39, 0.29) is 5.75 Å². The second-order valence-electron chi connectivity index (χ2n) is 5.37. The topological polar surface area (TPSA) is 47.9 Å². The molecule has 4 heteroatoms. The molecule has 0 aliphatic heterocycles. The summed E-state index contributed by atoms with van der Waals surface area (Å²) in [7, 11) is 4.86. The summed E-state index contributed by atoms with van der Waals surface area (Å²) in [5.74, 6) is 2.16. The number of aryl methyl sites for hydroxylation is 2. The third-order valence-corrected chi connectivity index (χ3v) is 4.17. The molecule has 22 heavy (non-hydrogen) atoms. The molecule has 0 unspecified atom stereocenters. The van der Waals surface area contributed by atoms with Crippen LogP contribution in [0.1, 0.15) is 17.5 Å². The average molecular weight is 300 g/mol. The number of rotatable bonds is 3. The van der Waals surface area contributed by atoms with Gasteiger partial charge in [0.1, 0.15) is 5.75 Å². The molecule has 0 bridgehead atoms. The van der Waals surface area contributed by atoms with Crippen LogP contribution in [0.2, 0.25) is 0 Å². The van der Waals surface area contributed by atoms with Crippen LogP contribution in [-0.4, -0.2) is 26.4 Å². The Balaban J connectivity index is 2.36. The quantitative estimate of drug-likeness (QED) is 0.941. The Morgan fingerprint density at radius 3 is 2.27 bits per heavy atom. The third kappa shape index (κ3) is 2.25. The van der Waals surface area contributed by atoms with Gasteiger partial charge in [-0.25, -0.2) is 0 Å². The lowest BCUT2D eigenvalue weighted by Crippen LogP contribution is -2.00. The molecular formula is C18H20O4. The van der Waals surface area contributed by atoms with Gasteiger partial charge >= 0.3 is 0 Å². The van der Waals surface area contributed by atoms with Gasteiger partial charge in [-0.3, -0.25) is 0 Å². The second kappa shape index (κ2) is 5.79. The van der Waals surface area contributed by atoms with E-state index in [0.717, 1.165) is 36.0 Å². The van der Waals surface area contributed by atoms with Crippen molar-refractivity contribution in [3.05, 3.63) is 35.4 Å². The Hall–Kier alpha value is -2.36. The second-order valence-corrected chi connectivity index (χ2v) is 5.37. The van der Waals surface area contributed by atoms with Crippen LogP contribution in [0.3, 0.4) is 0 Å². The Labute approximate surface area is 130 Å². The highest BCUT2D eigenvalue weighted by molar-refractivity contribution is 5.82. The summed E-state index contributed by atoms with van der Waals surface area (Å²) in [6.45, 7) is 0. The van der Waals surface area contributed by atoms with Crippen molar-refractivity contribution in [2.75, 3.05) is 21.3 Å². The number of hydrogen-bond acceptors (Lipinski definition) is 4. The predicted octanol–water partition coefficient (Wildman–Crippen LogP) is 3.57. The van der Waals surface area contributed by atoms with E-state index in [1.54, 1.807) is 33.5 Å². The van der Waals surface area contributed by atoms with Gasteiger partial charge in [-0.2, -0.15) is 0 Å². The first-order valence-corrected chi connectivity index (χ1v) is 7.33. The largest absolute Gasteiger partial charge is 0.508 e. The fourth-order valence-electron chi connectivity index (χ4n) is 3.18. The van der Waals surface area contributed by atoms with Crippen LogP contribution in [0, 0.1) is 0 Å². The van der Waals surface area contributed by atoms with Gasteiger partial charge < -0.3 is 19.3 Å². The van der Waals surface area contributed by atoms with E-state index in [1.165, 1.54) is 5.56 Å². The predicted molar refractivity (Wildman–Crippen MR) is 85.2 cm³/mol. The van der Waals surface area contributed by atoms with Crippen LogP contribution in [0.4, 0.5) is 0 Å². The molecule has 4 nitrogen and oxygen atoms in total. The molecule has 0 radical (unpaired) electrons. The van der Waals surface area contributed by atoms with Gasteiger partial charge in [-0.15, -0.1) is 0 Å². The number of fused-ring (bicyclic) bond motifs is 3. The van der Waals surface area contributed by atoms with Gasteiger partial charge in [0.2, 0.25) is 5.75 Å². The minimum Gasteiger partial charge on any atom is -0.508 e. The van der Waals surface area contributed by atoms with Crippen LogP contribution < -0.4 is 14.2 Å². The number of methoxy groups -OCH3 is 3. The van der Waals surface area contributed by atoms with Crippen molar-refractivity contribution >= 4 is 0 Å². The molecule has 1 N–H and O–H groups in total. The SMILES string of the molecule is COc1cc2c(c(OC)c1OC)-c1cc(O)ccc1CCC2. The van der Waals surface area contributed by atoms with Crippen LogP contribution in [0.15, 0.2) is 24.3 Å². The normalized spacial score (nSPS) is 12.9. The van der Waals surface area contributed by atoms with Gasteiger partial charge in [0.25, 0.3) is 0 Å². The zero-order chi connectivity index (χ0) is 15.7. The van der Waals surface area contributed by atoms with E-state index in [1.807, 2.05) is 12.1 Å². The standard InChI is InChI=1S/C18H20O4/c1-20-15-9-12-6-4-5-11-7-8-13(19)10-14(11)16(12)18(22-3)17(15)21-2/h7-10,19H,4-6H2,1-3H3. The number of ether oxygens (including phenoxy) is 3. The molecule has 0 atom stereocenters. The number of phenols is 1. The van der Waals surface area contributed by atoms with Gasteiger partial charge in [0.05, 0.1) is 21.3 Å². The van der Waals surface area contributed by atoms with E-state index in [9.17, 15) is 5.11 Å². The third-order valence-electron chi connectivity index (χ3n) is 4.17. The summed E-state index contributed by atoms with van der Waals surface area (Å²) < 4.78 is 16.6. The first-order chi connectivity index (χ1) is 10.7. The van der Waals surface area contributed by atoms with Crippen molar-refractivity contribution in [3.8, 4) is 34.1 Å². The lowest BCUT2D eigenvalue weighted by Gasteiger charge is -2.19. The maximum Gasteiger partial charge on any atom is 0.203 e. The maximum atomic E-state index is 9.90. The molecular weight excluding hydrogens is 280 g/mol. The Morgan fingerprint density at radius 2 is 1.59 bits per heavy atom. The molecule has 0 saturated carbocycles. The van der Waals surface area contributed by atoms with Crippen molar-refractivity contribution in [3.63, 3.8) is 0 Å². The van der Waals surface area contributed by atoms with Crippen molar-refractivity contribution in [1.29, 1.82) is 0 Å². The van der Waals surface area contributed by atoms with Gasteiger partial charge in [-0.1, -0.05) is 6.07 Å². The van der Waals surface area contributed by atoms with Crippen molar-refractivity contribution in [2.45, 2.75) is 19.3 Å². The summed E-state index contributed by atoms with van der Waals surface area (Å²) in [6.07, 6.45) is 2.95. The summed E-state index contributed by atoms with van der Waals surface area (Å²) in [5.41, 5.74) is 4.36. The van der Waals surface area contributed by atoms with E-state index in [4.69, 9.17) is 14.2 Å². The monoisotopic (exact) mass is 300 g/mol. The highest BCUT2D eigenvalue weighted by Crippen LogP contribution is 2.49. The minimum absolute atomic E-state index is 0.253. The highest BCUT2D eigenvalue weighted by Gasteiger charge is 2.25. The highest BCUT2D eigenvalue weighted by atomic mass is 16.5. The molecule has 2 aromatic rings. The number of aromatic hydroxyl groups is 1. The van der Waals surface area contributed by atoms with Gasteiger partial charge in [0.15, 0.2) is 11.5 Å². The molecule has 0 aromatic heterocycles. The van der Waals surface area contributed by atoms with Crippen molar-refractivity contribution in [1.82, 2.24) is 0 Å². The first kappa shape index (κ1) is 14.6. The molecule has 1 aliphatic carbocycles. The minimum atomic E-state index is 0.253. The molecule has 0 heterocycles. The zero-order valence-corrected chi connectivity index (χ0v) is 13.1. The molecule has 1 aliphatic rings. The molecule has 0 fully saturated rings. The van der Waals surface area contributed by atoms with E-state index < -0.39 is 0 Å². The Morgan fingerprint density at radius 1 is 0.864 bits per heavy atom. The fourth-order valence-corrected chi connectivity index (χ4v) is 3.18. The Kier molecular flexibility index (Phi) is 3.84. The summed E-state index contributed by atoms with van der Waals surface area (Å²) in [6, 6.07) is 7.52. The van der Waals surface area contributed by atoms with E-state index in [0.29, 0.717) is 17.2 Å². The van der Waals surface area contributed by atoms with Crippen LogP contribution in [0.25, 0.3) is 11.1 Å². The van der Waals surface area contributed by atoms with E-state index in [2.05, 4.69) is 0 Å². The van der Waals surface area contributed by atoms with Crippen LogP contribution in [0.5, 0.6) is 23.0 Å². The summed E-state index contributed by atoms with van der Waals surface area (Å²) in [4.78, 5) is 0. The summed E-state index contributed by atoms with van der Waals surface area (Å²) >= 11 is 0. The molecule has 116 valence electrons. The molecule has 2 aromatic carbocycles. The van der Waals surface area contributed by atoms with Gasteiger partial charge in [0, 0.05) is 5.56 Å². The fraction of sp³-hybridized carbons (Fsp3) is 0.333.